The molecular weight excluding hydrogens is 295 g/mol. The normalized spacial score (nSPS) is 13.0. The lowest BCUT2D eigenvalue weighted by Gasteiger charge is -2.16. The first-order valence-electron chi connectivity index (χ1n) is 7.38. The van der Waals surface area contributed by atoms with Gasteiger partial charge in [-0.15, -0.1) is 0 Å². The molecule has 0 radical (unpaired) electrons. The molecule has 1 nitrogen and oxygen atoms in total. The Bertz CT molecular complexity index is 444. The Balaban J connectivity index is 0.000000763. The van der Waals surface area contributed by atoms with E-state index in [9.17, 15) is 17.3 Å². The molecule has 1 rings (SSSR count). The molecule has 0 N–H and O–H groups in total. The van der Waals surface area contributed by atoms with E-state index < -0.39 is 7.25 Å². The van der Waals surface area contributed by atoms with Gasteiger partial charge in [-0.1, -0.05) is 13.8 Å². The van der Waals surface area contributed by atoms with Crippen LogP contribution in [0.2, 0.25) is 0 Å². The Morgan fingerprint density at radius 3 is 1.27 bits per heavy atom. The van der Waals surface area contributed by atoms with Crippen molar-refractivity contribution in [3.8, 4) is 0 Å². The van der Waals surface area contributed by atoms with Crippen molar-refractivity contribution in [3.63, 3.8) is 0 Å². The van der Waals surface area contributed by atoms with Crippen LogP contribution in [-0.4, -0.2) is 7.25 Å². The van der Waals surface area contributed by atoms with Crippen LogP contribution in [0.5, 0.6) is 0 Å². The van der Waals surface area contributed by atoms with Gasteiger partial charge in [0.05, 0.1) is 10.8 Å². The van der Waals surface area contributed by atoms with Crippen molar-refractivity contribution in [2.45, 2.75) is 72.1 Å². The van der Waals surface area contributed by atoms with Crippen LogP contribution in [0, 0.1) is 0 Å². The molecule has 6 heteroatoms. The summed E-state index contributed by atoms with van der Waals surface area (Å²) in [6.45, 7) is 17.6. The minimum Gasteiger partial charge on any atom is -0.418 e. The Hall–Kier alpha value is -1.07. The van der Waals surface area contributed by atoms with E-state index in [-0.39, 0.29) is 10.8 Å². The molecule has 0 spiro atoms. The van der Waals surface area contributed by atoms with Crippen molar-refractivity contribution in [2.75, 3.05) is 0 Å². The van der Waals surface area contributed by atoms with Crippen molar-refractivity contribution < 1.29 is 21.7 Å². The summed E-state index contributed by atoms with van der Waals surface area (Å²) < 4.78 is 45.1. The molecule has 0 saturated heterocycles. The predicted octanol–water partition coefficient (Wildman–Crippen LogP) is 6.58. The molecule has 0 fully saturated rings. The third-order valence-electron chi connectivity index (χ3n) is 2.96. The molecule has 22 heavy (non-hydrogen) atoms. The second kappa shape index (κ2) is 7.01. The molecule has 0 amide bonds. The van der Waals surface area contributed by atoms with Crippen molar-refractivity contribution in [3.05, 3.63) is 29.2 Å². The third kappa shape index (κ3) is 8.40. The first-order chi connectivity index (χ1) is 9.51. The number of halogens is 4. The molecule has 1 heterocycles. The fourth-order valence-corrected chi connectivity index (χ4v) is 1.59. The molecule has 0 aliphatic heterocycles. The molecule has 0 atom stereocenters. The summed E-state index contributed by atoms with van der Waals surface area (Å²) in [6, 6.07) is 4.42. The lowest BCUT2D eigenvalue weighted by atomic mass is 9.87. The number of rotatable bonds is 1. The summed E-state index contributed by atoms with van der Waals surface area (Å²) in [7, 11) is -6.00. The average molecular weight is 322 g/mol. The highest BCUT2D eigenvalue weighted by atomic mass is 19.5. The van der Waals surface area contributed by atoms with Crippen LogP contribution in [0.15, 0.2) is 16.5 Å². The van der Waals surface area contributed by atoms with Gasteiger partial charge in [-0.2, -0.15) is 0 Å². The minimum absolute atomic E-state index is 0.0604. The standard InChI is InChI=1S/C16H27O.BF4/c1-11(2)12-9-13(15(3,4)5)17-14(10-12)16(6,7)8;2-1(3,4)5/h9-11H,1-8H3;/q+1;-1. The van der Waals surface area contributed by atoms with Crippen molar-refractivity contribution in [2.24, 2.45) is 0 Å². The Morgan fingerprint density at radius 2 is 1.09 bits per heavy atom. The van der Waals surface area contributed by atoms with Gasteiger partial charge in [0.1, 0.15) is 0 Å². The van der Waals surface area contributed by atoms with E-state index in [4.69, 9.17) is 4.42 Å². The van der Waals surface area contributed by atoms with Gasteiger partial charge in [0.15, 0.2) is 0 Å². The average Bonchev–Trinajstić information content (AvgIpc) is 2.23. The Labute approximate surface area is 131 Å². The predicted molar refractivity (Wildman–Crippen MR) is 84.8 cm³/mol. The molecular formula is C16H27BF4O. The zero-order valence-electron chi connectivity index (χ0n) is 14.7. The highest BCUT2D eigenvalue weighted by Crippen LogP contribution is 2.32. The van der Waals surface area contributed by atoms with Gasteiger partial charge >= 0.3 is 18.8 Å². The molecule has 128 valence electrons. The van der Waals surface area contributed by atoms with Crippen LogP contribution >= 0.6 is 0 Å². The van der Waals surface area contributed by atoms with E-state index in [1.54, 1.807) is 0 Å². The number of hydrogen-bond donors (Lipinski definition) is 0. The van der Waals surface area contributed by atoms with E-state index >= 15 is 0 Å². The molecule has 1 aromatic rings. The van der Waals surface area contributed by atoms with Gasteiger partial charge in [0.2, 0.25) is 0 Å². The van der Waals surface area contributed by atoms with Crippen LogP contribution in [0.4, 0.5) is 17.3 Å². The summed E-state index contributed by atoms with van der Waals surface area (Å²) >= 11 is 0. The maximum atomic E-state index is 9.75. The maximum absolute atomic E-state index is 9.75. The fraction of sp³-hybridized carbons (Fsp3) is 0.688. The summed E-state index contributed by atoms with van der Waals surface area (Å²) in [5, 5.41) is 0. The first kappa shape index (κ1) is 20.9. The topological polar surface area (TPSA) is 11.3 Å². The van der Waals surface area contributed by atoms with E-state index in [2.05, 4.69) is 67.5 Å². The molecule has 0 bridgehead atoms. The highest BCUT2D eigenvalue weighted by Gasteiger charge is 2.34. The van der Waals surface area contributed by atoms with Crippen LogP contribution < -0.4 is 0 Å². The minimum atomic E-state index is -6.00. The molecule has 0 aliphatic carbocycles. The van der Waals surface area contributed by atoms with E-state index in [0.717, 1.165) is 11.5 Å². The van der Waals surface area contributed by atoms with E-state index in [1.165, 1.54) is 5.56 Å². The van der Waals surface area contributed by atoms with Crippen LogP contribution in [0.25, 0.3) is 0 Å². The molecule has 0 unspecified atom stereocenters. The van der Waals surface area contributed by atoms with Crippen molar-refractivity contribution >= 4 is 7.25 Å². The van der Waals surface area contributed by atoms with Gasteiger partial charge < -0.3 is 17.3 Å². The van der Waals surface area contributed by atoms with Gasteiger partial charge in [-0.3, -0.25) is 0 Å². The van der Waals surface area contributed by atoms with Gasteiger partial charge in [0.25, 0.3) is 0 Å². The highest BCUT2D eigenvalue weighted by molar-refractivity contribution is 6.50. The summed E-state index contributed by atoms with van der Waals surface area (Å²) in [6.07, 6.45) is 0. The quantitative estimate of drug-likeness (QED) is 0.323. The third-order valence-corrected chi connectivity index (χ3v) is 2.96. The van der Waals surface area contributed by atoms with Crippen LogP contribution in [0.3, 0.4) is 0 Å². The largest absolute Gasteiger partial charge is 0.673 e. The van der Waals surface area contributed by atoms with Crippen LogP contribution in [-0.2, 0) is 10.8 Å². The van der Waals surface area contributed by atoms with Crippen molar-refractivity contribution in [1.82, 2.24) is 0 Å². The molecule has 0 aliphatic rings. The lowest BCUT2D eigenvalue weighted by Crippen LogP contribution is -2.17. The van der Waals surface area contributed by atoms with Gasteiger partial charge in [-0.25, -0.2) is 4.42 Å². The van der Waals surface area contributed by atoms with E-state index in [1.807, 2.05) is 0 Å². The zero-order valence-corrected chi connectivity index (χ0v) is 14.7. The zero-order chi connectivity index (χ0) is 17.9. The number of hydrogen-bond acceptors (Lipinski definition) is 0. The first-order valence-corrected chi connectivity index (χ1v) is 7.38. The second-order valence-corrected chi connectivity index (χ2v) is 7.77. The van der Waals surface area contributed by atoms with E-state index in [0.29, 0.717) is 5.92 Å². The summed E-state index contributed by atoms with van der Waals surface area (Å²) in [5.41, 5.74) is 1.49. The lowest BCUT2D eigenvalue weighted by molar-refractivity contribution is 0.327. The second-order valence-electron chi connectivity index (χ2n) is 7.77. The summed E-state index contributed by atoms with van der Waals surface area (Å²) in [5.74, 6) is 2.69. The van der Waals surface area contributed by atoms with Crippen molar-refractivity contribution in [1.29, 1.82) is 0 Å². The maximum Gasteiger partial charge on any atom is 0.673 e. The monoisotopic (exact) mass is 322 g/mol. The molecule has 1 aromatic heterocycles. The summed E-state index contributed by atoms with van der Waals surface area (Å²) in [4.78, 5) is 0. The Morgan fingerprint density at radius 1 is 0.818 bits per heavy atom. The molecule has 0 aromatic carbocycles. The Kier molecular flexibility index (Phi) is 6.67. The fourth-order valence-electron chi connectivity index (χ4n) is 1.59. The SMILES string of the molecule is CC(C)c1cc(C(C)(C)C)[o+]c(C(C)(C)C)c1.F[B-](F)(F)F. The van der Waals surface area contributed by atoms with Gasteiger partial charge in [0, 0.05) is 12.1 Å². The van der Waals surface area contributed by atoms with Crippen LogP contribution in [0.1, 0.15) is 78.4 Å². The molecule has 0 saturated carbocycles. The van der Waals surface area contributed by atoms with Gasteiger partial charge in [-0.05, 0) is 53.0 Å². The smallest absolute Gasteiger partial charge is 0.418 e.